The zero-order valence-corrected chi connectivity index (χ0v) is 18.5. The summed E-state index contributed by atoms with van der Waals surface area (Å²) in [6.07, 6.45) is 9.75. The summed E-state index contributed by atoms with van der Waals surface area (Å²) in [7, 11) is 0. The average Bonchev–Trinajstić information content (AvgIpc) is 3.42. The Hall–Kier alpha value is -2.05. The summed E-state index contributed by atoms with van der Waals surface area (Å²) in [6, 6.07) is 9.03. The van der Waals surface area contributed by atoms with Gasteiger partial charge in [0.25, 0.3) is 0 Å². The lowest BCUT2D eigenvalue weighted by atomic mass is 10.1. The number of likely N-dealkylation sites (tertiary alicyclic amines) is 2. The molecule has 168 valence electrons. The lowest BCUT2D eigenvalue weighted by Crippen LogP contribution is -2.43. The van der Waals surface area contributed by atoms with Crippen LogP contribution in [0.3, 0.4) is 0 Å². The first-order valence-electron chi connectivity index (χ1n) is 12.1. The van der Waals surface area contributed by atoms with Gasteiger partial charge in [0.2, 0.25) is 5.91 Å². The number of hydrogen-bond donors (Lipinski definition) is 0. The fourth-order valence-electron chi connectivity index (χ4n) is 5.29. The molecular weight excluding hydrogens is 390 g/mol. The van der Waals surface area contributed by atoms with Crippen LogP contribution in [0.1, 0.15) is 51.0 Å². The van der Waals surface area contributed by atoms with Crippen molar-refractivity contribution in [3.05, 3.63) is 30.5 Å². The number of fused-ring (bicyclic) bond motifs is 1. The fraction of sp³-hybridized carbons (Fsp3) is 0.640. The molecule has 31 heavy (non-hydrogen) atoms. The van der Waals surface area contributed by atoms with Gasteiger partial charge >= 0.3 is 0 Å². The largest absolute Gasteiger partial charge is 0.490 e. The second-order valence-corrected chi connectivity index (χ2v) is 9.28. The van der Waals surface area contributed by atoms with E-state index in [-0.39, 0.29) is 6.10 Å². The minimum absolute atomic E-state index is 0.264. The van der Waals surface area contributed by atoms with Crippen LogP contribution in [0, 0.1) is 0 Å². The Morgan fingerprint density at radius 2 is 1.90 bits per heavy atom. The van der Waals surface area contributed by atoms with Crippen molar-refractivity contribution in [3.63, 3.8) is 0 Å². The zero-order valence-electron chi connectivity index (χ0n) is 18.5. The molecule has 3 saturated heterocycles. The summed E-state index contributed by atoms with van der Waals surface area (Å²) >= 11 is 0. The smallest absolute Gasteiger partial charge is 0.222 e. The van der Waals surface area contributed by atoms with Crippen molar-refractivity contribution in [2.45, 2.75) is 57.1 Å². The van der Waals surface area contributed by atoms with Gasteiger partial charge in [-0.3, -0.25) is 4.79 Å². The van der Waals surface area contributed by atoms with Crippen molar-refractivity contribution in [1.82, 2.24) is 14.4 Å². The molecule has 0 bridgehead atoms. The molecule has 3 aliphatic heterocycles. The Morgan fingerprint density at radius 1 is 1.00 bits per heavy atom. The summed E-state index contributed by atoms with van der Waals surface area (Å²) in [5.74, 6) is 1.35. The van der Waals surface area contributed by atoms with Crippen LogP contribution < -0.4 is 4.74 Å². The van der Waals surface area contributed by atoms with Crippen LogP contribution in [0.5, 0.6) is 5.75 Å². The molecule has 6 heteroatoms. The van der Waals surface area contributed by atoms with Gasteiger partial charge in [0.15, 0.2) is 0 Å². The van der Waals surface area contributed by atoms with E-state index in [1.807, 2.05) is 0 Å². The third-order valence-electron chi connectivity index (χ3n) is 7.21. The highest BCUT2D eigenvalue weighted by atomic mass is 16.5. The van der Waals surface area contributed by atoms with Gasteiger partial charge in [0, 0.05) is 57.3 Å². The monoisotopic (exact) mass is 425 g/mol. The summed E-state index contributed by atoms with van der Waals surface area (Å²) < 4.78 is 14.4. The van der Waals surface area contributed by atoms with E-state index in [9.17, 15) is 4.79 Å². The van der Waals surface area contributed by atoms with Gasteiger partial charge in [-0.2, -0.15) is 0 Å². The van der Waals surface area contributed by atoms with Crippen LogP contribution in [0.2, 0.25) is 0 Å². The van der Waals surface area contributed by atoms with Crippen molar-refractivity contribution >= 4 is 16.8 Å². The Kier molecular flexibility index (Phi) is 6.46. The number of carbonyl (C=O) groups excluding carboxylic acids is 1. The van der Waals surface area contributed by atoms with Gasteiger partial charge in [-0.15, -0.1) is 0 Å². The second kappa shape index (κ2) is 9.61. The first-order valence-corrected chi connectivity index (χ1v) is 12.1. The number of piperidine rings is 1. The Balaban J connectivity index is 1.15. The highest BCUT2D eigenvalue weighted by molar-refractivity contribution is 5.86. The molecule has 0 spiro atoms. The first-order chi connectivity index (χ1) is 15.3. The third kappa shape index (κ3) is 4.75. The Bertz CT molecular complexity index is 881. The Morgan fingerprint density at radius 3 is 2.74 bits per heavy atom. The third-order valence-corrected chi connectivity index (χ3v) is 7.21. The molecular formula is C25H35N3O3. The van der Waals surface area contributed by atoms with E-state index in [1.165, 1.54) is 17.3 Å². The van der Waals surface area contributed by atoms with Gasteiger partial charge in [-0.1, -0.05) is 12.5 Å². The summed E-state index contributed by atoms with van der Waals surface area (Å²) in [4.78, 5) is 16.8. The molecule has 1 amide bonds. The van der Waals surface area contributed by atoms with Crippen molar-refractivity contribution < 1.29 is 14.3 Å². The quantitative estimate of drug-likeness (QED) is 0.705. The molecule has 1 aromatic heterocycles. The number of benzene rings is 1. The maximum Gasteiger partial charge on any atom is 0.222 e. The summed E-state index contributed by atoms with van der Waals surface area (Å²) in [5.41, 5.74) is 1.24. The molecule has 1 unspecified atom stereocenters. The van der Waals surface area contributed by atoms with Gasteiger partial charge in [0.1, 0.15) is 11.9 Å². The highest BCUT2D eigenvalue weighted by Crippen LogP contribution is 2.32. The lowest BCUT2D eigenvalue weighted by molar-refractivity contribution is -0.130. The van der Waals surface area contributed by atoms with Crippen LogP contribution in [-0.2, 0) is 9.53 Å². The summed E-state index contributed by atoms with van der Waals surface area (Å²) in [6.45, 7) is 6.55. The standard InChI is InChI=1S/C25H35N3O3/c29-25-7-2-1-3-12-27(25)17-16-26-13-8-21(9-14-26)31-24-6-4-5-23-22(24)10-15-28(23)20-11-18-30-19-20/h4-6,10,15,20-21H,1-3,7-9,11-14,16-19H2. The van der Waals surface area contributed by atoms with Gasteiger partial charge in [-0.25, -0.2) is 0 Å². The van der Waals surface area contributed by atoms with E-state index in [4.69, 9.17) is 9.47 Å². The second-order valence-electron chi connectivity index (χ2n) is 9.28. The number of rotatable bonds is 6. The minimum Gasteiger partial charge on any atom is -0.490 e. The normalized spacial score (nSPS) is 24.1. The molecule has 3 aliphatic rings. The van der Waals surface area contributed by atoms with Gasteiger partial charge in [-0.05, 0) is 50.3 Å². The molecule has 1 atom stereocenters. The van der Waals surface area contributed by atoms with Crippen LogP contribution in [0.25, 0.3) is 10.9 Å². The predicted octanol–water partition coefficient (Wildman–Crippen LogP) is 3.85. The average molecular weight is 426 g/mol. The molecule has 3 fully saturated rings. The molecule has 0 saturated carbocycles. The van der Waals surface area contributed by atoms with E-state index in [0.717, 1.165) is 90.2 Å². The molecule has 5 rings (SSSR count). The molecule has 0 aliphatic carbocycles. The Labute approximate surface area is 185 Å². The highest BCUT2D eigenvalue weighted by Gasteiger charge is 2.24. The lowest BCUT2D eigenvalue weighted by Gasteiger charge is -2.33. The zero-order chi connectivity index (χ0) is 21.0. The van der Waals surface area contributed by atoms with Crippen molar-refractivity contribution in [1.29, 1.82) is 0 Å². The minimum atomic E-state index is 0.264. The van der Waals surface area contributed by atoms with Crippen molar-refractivity contribution in [2.24, 2.45) is 0 Å². The number of carbonyl (C=O) groups is 1. The number of amides is 1. The van der Waals surface area contributed by atoms with Crippen LogP contribution in [0.4, 0.5) is 0 Å². The van der Waals surface area contributed by atoms with E-state index >= 15 is 0 Å². The van der Waals surface area contributed by atoms with Crippen LogP contribution in [0.15, 0.2) is 30.5 Å². The topological polar surface area (TPSA) is 46.9 Å². The van der Waals surface area contributed by atoms with E-state index in [0.29, 0.717) is 11.9 Å². The van der Waals surface area contributed by atoms with E-state index in [2.05, 4.69) is 44.8 Å². The molecule has 4 heterocycles. The summed E-state index contributed by atoms with van der Waals surface area (Å²) in [5, 5.41) is 1.21. The van der Waals surface area contributed by atoms with Gasteiger partial charge < -0.3 is 23.8 Å². The number of aromatic nitrogens is 1. The van der Waals surface area contributed by atoms with Crippen molar-refractivity contribution in [2.75, 3.05) is 45.9 Å². The van der Waals surface area contributed by atoms with Crippen molar-refractivity contribution in [3.8, 4) is 5.75 Å². The molecule has 6 nitrogen and oxygen atoms in total. The first kappa shape index (κ1) is 20.8. The molecule has 2 aromatic rings. The number of nitrogens with zero attached hydrogens (tertiary/aromatic N) is 3. The maximum absolute atomic E-state index is 12.2. The molecule has 1 aromatic carbocycles. The number of ether oxygens (including phenoxy) is 2. The van der Waals surface area contributed by atoms with Crippen LogP contribution >= 0.6 is 0 Å². The SMILES string of the molecule is O=C1CCCCCN1CCN1CCC(Oc2cccc3c2ccn3C2CCOC2)CC1. The van der Waals surface area contributed by atoms with E-state index < -0.39 is 0 Å². The number of hydrogen-bond acceptors (Lipinski definition) is 4. The van der Waals surface area contributed by atoms with Crippen LogP contribution in [-0.4, -0.2) is 72.3 Å². The molecule has 0 radical (unpaired) electrons. The molecule has 0 N–H and O–H groups in total. The fourth-order valence-corrected chi connectivity index (χ4v) is 5.29. The maximum atomic E-state index is 12.2. The van der Waals surface area contributed by atoms with E-state index in [1.54, 1.807) is 0 Å². The predicted molar refractivity (Wildman–Crippen MR) is 122 cm³/mol. The van der Waals surface area contributed by atoms with Gasteiger partial charge in [0.05, 0.1) is 18.2 Å².